The number of ether oxygens (including phenoxy) is 1. The first-order chi connectivity index (χ1) is 14.0. The molecular weight excluding hydrogens is 362 g/mol. The molecule has 1 aromatic rings. The van der Waals surface area contributed by atoms with E-state index in [-0.39, 0.29) is 5.41 Å². The summed E-state index contributed by atoms with van der Waals surface area (Å²) in [4.78, 5) is 4.70. The first kappa shape index (κ1) is 22.1. The Hall–Kier alpha value is -1.61. The van der Waals surface area contributed by atoms with Crippen LogP contribution in [0.15, 0.2) is 24.3 Å². The van der Waals surface area contributed by atoms with Crippen molar-refractivity contribution in [1.29, 1.82) is 5.26 Å². The van der Waals surface area contributed by atoms with Crippen molar-refractivity contribution in [2.45, 2.75) is 70.6 Å². The van der Waals surface area contributed by atoms with E-state index in [0.29, 0.717) is 19.2 Å². The third kappa shape index (κ3) is 6.44. The molecule has 5 heteroatoms. The zero-order valence-corrected chi connectivity index (χ0v) is 18.1. The number of hydrogen-bond acceptors (Lipinski definition) is 5. The zero-order valence-electron chi connectivity index (χ0n) is 18.1. The predicted octanol–water partition coefficient (Wildman–Crippen LogP) is 3.82. The molecule has 1 aliphatic carbocycles. The van der Waals surface area contributed by atoms with Crippen LogP contribution in [0.3, 0.4) is 0 Å². The highest BCUT2D eigenvalue weighted by Gasteiger charge is 2.30. The van der Waals surface area contributed by atoms with Crippen molar-refractivity contribution in [1.82, 2.24) is 9.80 Å². The van der Waals surface area contributed by atoms with Gasteiger partial charge in [0.05, 0.1) is 11.5 Å². The Bertz CT molecular complexity index is 673. The Morgan fingerprint density at radius 1 is 1.24 bits per heavy atom. The highest BCUT2D eigenvalue weighted by Crippen LogP contribution is 2.31. The quantitative estimate of drug-likeness (QED) is 0.720. The van der Waals surface area contributed by atoms with Crippen LogP contribution in [0.1, 0.15) is 57.4 Å². The minimum Gasteiger partial charge on any atom is -0.491 e. The molecule has 1 N–H and O–H groups in total. The van der Waals surface area contributed by atoms with Crippen LogP contribution in [0.5, 0.6) is 5.75 Å². The number of rotatable bonds is 8. The number of likely N-dealkylation sites (N-methyl/N-ethyl adjacent to an activating group) is 1. The number of aliphatic hydroxyl groups is 1. The van der Waals surface area contributed by atoms with Gasteiger partial charge in [-0.2, -0.15) is 5.26 Å². The molecule has 0 unspecified atom stereocenters. The fraction of sp³-hybridized carbons (Fsp3) is 0.708. The van der Waals surface area contributed by atoms with Crippen LogP contribution in [0.25, 0.3) is 0 Å². The molecule has 29 heavy (non-hydrogen) atoms. The van der Waals surface area contributed by atoms with Gasteiger partial charge in [-0.25, -0.2) is 0 Å². The summed E-state index contributed by atoms with van der Waals surface area (Å²) in [6, 6.07) is 11.2. The minimum absolute atomic E-state index is 0.180. The Morgan fingerprint density at radius 2 is 1.93 bits per heavy atom. The first-order valence-electron chi connectivity index (χ1n) is 11.2. The standard InChI is InChI=1S/C24H37N3O2/c1-24(19-25)12-14-27(15-13-24)16-20-8-6-7-11-23(20)29-18-22(28)17-26(2)21-9-4-3-5-10-21/h6-8,11,21-22,28H,3-5,9-10,12-18H2,1-2H3/t22-/m0/s1. The molecule has 1 atom stereocenters. The fourth-order valence-corrected chi connectivity index (χ4v) is 4.57. The van der Waals surface area contributed by atoms with Crippen LogP contribution in [0.2, 0.25) is 0 Å². The lowest BCUT2D eigenvalue weighted by Gasteiger charge is -2.35. The minimum atomic E-state index is -0.485. The molecule has 1 heterocycles. The van der Waals surface area contributed by atoms with Crippen LogP contribution in [0, 0.1) is 16.7 Å². The molecule has 0 amide bonds. The van der Waals surface area contributed by atoms with Crippen molar-refractivity contribution < 1.29 is 9.84 Å². The summed E-state index contributed by atoms with van der Waals surface area (Å²) in [6.07, 6.45) is 7.79. The second kappa shape index (κ2) is 10.4. The van der Waals surface area contributed by atoms with E-state index < -0.39 is 6.10 Å². The summed E-state index contributed by atoms with van der Waals surface area (Å²) in [6.45, 7) is 5.75. The van der Waals surface area contributed by atoms with Crippen molar-refractivity contribution in [3.05, 3.63) is 29.8 Å². The Balaban J connectivity index is 1.48. The number of nitriles is 1. The summed E-state index contributed by atoms with van der Waals surface area (Å²) in [7, 11) is 2.12. The van der Waals surface area contributed by atoms with Crippen LogP contribution >= 0.6 is 0 Å². The Kier molecular flexibility index (Phi) is 7.94. The molecule has 0 spiro atoms. The molecule has 3 rings (SSSR count). The second-order valence-corrected chi connectivity index (χ2v) is 9.25. The van der Waals surface area contributed by atoms with Gasteiger partial charge in [0.2, 0.25) is 0 Å². The third-order valence-electron chi connectivity index (χ3n) is 6.72. The maximum atomic E-state index is 10.5. The SMILES string of the molecule is CN(C[C@H](O)COc1ccccc1CN1CCC(C)(C#N)CC1)C1CCCCC1. The van der Waals surface area contributed by atoms with Crippen LogP contribution < -0.4 is 4.74 Å². The predicted molar refractivity (Wildman–Crippen MR) is 116 cm³/mol. The molecular formula is C24H37N3O2. The van der Waals surface area contributed by atoms with E-state index in [1.165, 1.54) is 32.1 Å². The van der Waals surface area contributed by atoms with Gasteiger partial charge in [-0.1, -0.05) is 37.5 Å². The largest absolute Gasteiger partial charge is 0.491 e. The average Bonchev–Trinajstić information content (AvgIpc) is 2.75. The summed E-state index contributed by atoms with van der Waals surface area (Å²) >= 11 is 0. The highest BCUT2D eigenvalue weighted by atomic mass is 16.5. The molecule has 5 nitrogen and oxygen atoms in total. The van der Waals surface area contributed by atoms with E-state index >= 15 is 0 Å². The molecule has 1 saturated heterocycles. The van der Waals surface area contributed by atoms with Gasteiger partial charge in [-0.15, -0.1) is 0 Å². The third-order valence-corrected chi connectivity index (χ3v) is 6.72. The molecule has 1 aromatic carbocycles. The zero-order chi connectivity index (χ0) is 20.7. The molecule has 1 saturated carbocycles. The van der Waals surface area contributed by atoms with Gasteiger partial charge in [0.1, 0.15) is 18.5 Å². The van der Waals surface area contributed by atoms with Gasteiger partial charge in [-0.05, 0) is 58.8 Å². The van der Waals surface area contributed by atoms with Crippen molar-refractivity contribution in [2.24, 2.45) is 5.41 Å². The average molecular weight is 400 g/mol. The van der Waals surface area contributed by atoms with E-state index in [2.05, 4.69) is 35.9 Å². The Labute approximate surface area is 176 Å². The molecule has 0 aromatic heterocycles. The maximum absolute atomic E-state index is 10.5. The van der Waals surface area contributed by atoms with E-state index in [1.807, 2.05) is 18.2 Å². The number of likely N-dealkylation sites (tertiary alicyclic amines) is 1. The van der Waals surface area contributed by atoms with E-state index in [1.54, 1.807) is 0 Å². The highest BCUT2D eigenvalue weighted by molar-refractivity contribution is 5.33. The van der Waals surface area contributed by atoms with Crippen molar-refractivity contribution in [3.63, 3.8) is 0 Å². The monoisotopic (exact) mass is 399 g/mol. The molecule has 0 radical (unpaired) electrons. The van der Waals surface area contributed by atoms with Gasteiger partial charge in [-0.3, -0.25) is 4.90 Å². The number of aliphatic hydroxyl groups excluding tert-OH is 1. The molecule has 0 bridgehead atoms. The summed E-state index contributed by atoms with van der Waals surface area (Å²) in [5.74, 6) is 0.862. The lowest BCUT2D eigenvalue weighted by Crippen LogP contribution is -2.40. The Morgan fingerprint density at radius 3 is 2.62 bits per heavy atom. The van der Waals surface area contributed by atoms with Crippen LogP contribution in [-0.4, -0.2) is 60.3 Å². The summed E-state index contributed by atoms with van der Waals surface area (Å²) in [5, 5.41) is 19.8. The number of piperidine rings is 1. The molecule has 160 valence electrons. The van der Waals surface area contributed by atoms with E-state index in [0.717, 1.165) is 43.8 Å². The molecule has 2 aliphatic rings. The number of benzene rings is 1. The van der Waals surface area contributed by atoms with Gasteiger partial charge in [0.25, 0.3) is 0 Å². The molecule has 2 fully saturated rings. The maximum Gasteiger partial charge on any atom is 0.123 e. The van der Waals surface area contributed by atoms with Gasteiger partial charge in [0, 0.05) is 24.7 Å². The lowest BCUT2D eigenvalue weighted by atomic mass is 9.82. The van der Waals surface area contributed by atoms with Crippen molar-refractivity contribution >= 4 is 0 Å². The lowest BCUT2D eigenvalue weighted by molar-refractivity contribution is 0.0554. The first-order valence-corrected chi connectivity index (χ1v) is 11.2. The fourth-order valence-electron chi connectivity index (χ4n) is 4.57. The van der Waals surface area contributed by atoms with Gasteiger partial charge in [0.15, 0.2) is 0 Å². The second-order valence-electron chi connectivity index (χ2n) is 9.25. The van der Waals surface area contributed by atoms with E-state index in [4.69, 9.17) is 4.74 Å². The number of para-hydroxylation sites is 1. The van der Waals surface area contributed by atoms with Gasteiger partial charge >= 0.3 is 0 Å². The topological polar surface area (TPSA) is 59.7 Å². The molecule has 1 aliphatic heterocycles. The van der Waals surface area contributed by atoms with Crippen molar-refractivity contribution in [2.75, 3.05) is 33.3 Å². The smallest absolute Gasteiger partial charge is 0.123 e. The summed E-state index contributed by atoms with van der Waals surface area (Å²) in [5.41, 5.74) is 0.974. The van der Waals surface area contributed by atoms with Gasteiger partial charge < -0.3 is 14.7 Å². The van der Waals surface area contributed by atoms with Crippen LogP contribution in [-0.2, 0) is 6.54 Å². The van der Waals surface area contributed by atoms with Crippen molar-refractivity contribution in [3.8, 4) is 11.8 Å². The number of nitrogens with zero attached hydrogens (tertiary/aromatic N) is 3. The normalized spacial score (nSPS) is 21.6. The summed E-state index contributed by atoms with van der Waals surface area (Å²) < 4.78 is 6.04. The van der Waals surface area contributed by atoms with Crippen LogP contribution in [0.4, 0.5) is 0 Å². The van der Waals surface area contributed by atoms with E-state index in [9.17, 15) is 10.4 Å². The number of hydrogen-bond donors (Lipinski definition) is 1.